The maximum atomic E-state index is 7.41. The third-order valence-corrected chi connectivity index (χ3v) is 12.6. The van der Waals surface area contributed by atoms with Crippen molar-refractivity contribution >= 4 is 11.8 Å². The quantitative estimate of drug-likeness (QED) is 0.349. The molecule has 7 heteroatoms. The summed E-state index contributed by atoms with van der Waals surface area (Å²) in [5, 5.41) is 0. The zero-order valence-corrected chi connectivity index (χ0v) is 32.4. The minimum Gasteiger partial charge on any atom is -1.00 e. The fourth-order valence-corrected chi connectivity index (χ4v) is 10.9. The molecule has 4 aliphatic carbocycles. The van der Waals surface area contributed by atoms with Crippen LogP contribution in [0.5, 0.6) is 0 Å². The van der Waals surface area contributed by atoms with Crippen LogP contribution in [-0.4, -0.2) is 35.1 Å². The Balaban J connectivity index is 0.00000176. The summed E-state index contributed by atoms with van der Waals surface area (Å²) in [6.07, 6.45) is 27.7. The van der Waals surface area contributed by atoms with E-state index in [1.54, 1.807) is 0 Å². The molecule has 4 saturated carbocycles. The number of halogens is 2. The molecule has 44 heavy (non-hydrogen) atoms. The van der Waals surface area contributed by atoms with Gasteiger partial charge in [0, 0.05) is 23.7 Å². The van der Waals surface area contributed by atoms with Gasteiger partial charge in [-0.3, -0.25) is 0 Å². The van der Waals surface area contributed by atoms with Crippen molar-refractivity contribution in [1.29, 1.82) is 0 Å². The SMILES string of the molecule is CC(C)[C@H]1N=C(CC2=N[C@H](C(C)C)C(C3CCCCC3)(C3CCCCC3)O2)OC1(C1CCCCC1)C1CCCCC1.[Br-].[Br-].[Ni+2]. The van der Waals surface area contributed by atoms with E-state index in [0.29, 0.717) is 41.9 Å². The molecular formula is C37H62Br2N2NiO2. The smallest absolute Gasteiger partial charge is 1.00 e. The van der Waals surface area contributed by atoms with E-state index in [4.69, 9.17) is 19.5 Å². The van der Waals surface area contributed by atoms with Crippen LogP contribution in [0.4, 0.5) is 0 Å². The fraction of sp³-hybridized carbons (Fsp3) is 0.946. The molecule has 0 spiro atoms. The van der Waals surface area contributed by atoms with Gasteiger partial charge in [0.15, 0.2) is 11.8 Å². The van der Waals surface area contributed by atoms with Crippen molar-refractivity contribution < 1.29 is 59.9 Å². The molecule has 2 aliphatic heterocycles. The Kier molecular flexibility index (Phi) is 15.2. The first-order valence-corrected chi connectivity index (χ1v) is 18.5. The van der Waals surface area contributed by atoms with Crippen molar-refractivity contribution in [3.63, 3.8) is 0 Å². The van der Waals surface area contributed by atoms with Gasteiger partial charge in [0.1, 0.15) is 11.2 Å². The number of ether oxygens (including phenoxy) is 2. The second kappa shape index (κ2) is 17.2. The van der Waals surface area contributed by atoms with Gasteiger partial charge in [-0.05, 0) is 63.2 Å². The molecular weight excluding hydrogens is 723 g/mol. The average Bonchev–Trinajstić information content (AvgIpc) is 3.60. The Labute approximate surface area is 301 Å². The first-order valence-electron chi connectivity index (χ1n) is 18.5. The van der Waals surface area contributed by atoms with Crippen LogP contribution in [0.15, 0.2) is 9.98 Å². The Morgan fingerprint density at radius 3 is 0.977 bits per heavy atom. The molecule has 0 N–H and O–H groups in total. The molecule has 0 unspecified atom stereocenters. The molecule has 0 amide bonds. The molecule has 256 valence electrons. The summed E-state index contributed by atoms with van der Waals surface area (Å²) in [4.78, 5) is 11.1. The van der Waals surface area contributed by atoms with Gasteiger partial charge in [-0.15, -0.1) is 0 Å². The van der Waals surface area contributed by atoms with Gasteiger partial charge >= 0.3 is 16.5 Å². The topological polar surface area (TPSA) is 43.2 Å². The summed E-state index contributed by atoms with van der Waals surface area (Å²) in [5.41, 5.74) is -0.213. The number of nitrogens with zero attached hydrogens (tertiary/aromatic N) is 2. The van der Waals surface area contributed by atoms with E-state index in [1.807, 2.05) is 0 Å². The Bertz CT molecular complexity index is 822. The Morgan fingerprint density at radius 1 is 0.500 bits per heavy atom. The summed E-state index contributed by atoms with van der Waals surface area (Å²) >= 11 is 0. The molecule has 0 saturated heterocycles. The summed E-state index contributed by atoms with van der Waals surface area (Å²) in [6.45, 7) is 9.60. The van der Waals surface area contributed by atoms with Crippen LogP contribution in [0, 0.1) is 35.5 Å². The Hall–Kier alpha value is 0.394. The minimum absolute atomic E-state index is 0. The van der Waals surface area contributed by atoms with Crippen molar-refractivity contribution in [1.82, 2.24) is 0 Å². The molecule has 0 aromatic carbocycles. The molecule has 6 rings (SSSR count). The third-order valence-electron chi connectivity index (χ3n) is 12.6. The molecule has 4 fully saturated rings. The van der Waals surface area contributed by atoms with E-state index in [9.17, 15) is 0 Å². The zero-order chi connectivity index (χ0) is 28.5. The third kappa shape index (κ3) is 7.50. The van der Waals surface area contributed by atoms with Gasteiger partial charge in [0.05, 0.1) is 18.5 Å². The van der Waals surface area contributed by atoms with Gasteiger partial charge in [-0.25, -0.2) is 9.98 Å². The second-order valence-electron chi connectivity index (χ2n) is 15.9. The van der Waals surface area contributed by atoms with Crippen molar-refractivity contribution in [3.8, 4) is 0 Å². The van der Waals surface area contributed by atoms with Crippen molar-refractivity contribution in [2.75, 3.05) is 0 Å². The van der Waals surface area contributed by atoms with E-state index < -0.39 is 0 Å². The molecule has 0 aromatic heterocycles. The van der Waals surface area contributed by atoms with Crippen LogP contribution >= 0.6 is 0 Å². The number of hydrogen-bond donors (Lipinski definition) is 0. The maximum absolute atomic E-state index is 7.41. The molecule has 0 radical (unpaired) electrons. The summed E-state index contributed by atoms with van der Waals surface area (Å²) in [5.74, 6) is 5.49. The molecule has 2 heterocycles. The van der Waals surface area contributed by atoms with E-state index in [1.165, 1.54) is 128 Å². The minimum atomic E-state index is -0.106. The molecule has 0 bridgehead atoms. The monoisotopic (exact) mass is 782 g/mol. The summed E-state index contributed by atoms with van der Waals surface area (Å²) < 4.78 is 14.8. The van der Waals surface area contributed by atoms with Crippen LogP contribution in [0.1, 0.15) is 163 Å². The molecule has 6 aliphatic rings. The van der Waals surface area contributed by atoms with E-state index in [2.05, 4.69) is 27.7 Å². The molecule has 2 atom stereocenters. The van der Waals surface area contributed by atoms with Crippen LogP contribution in [0.2, 0.25) is 0 Å². The predicted molar refractivity (Wildman–Crippen MR) is 171 cm³/mol. The van der Waals surface area contributed by atoms with Gasteiger partial charge in [0.25, 0.3) is 0 Å². The van der Waals surface area contributed by atoms with Crippen LogP contribution in [0.3, 0.4) is 0 Å². The second-order valence-corrected chi connectivity index (χ2v) is 15.9. The first kappa shape index (κ1) is 38.8. The number of rotatable bonds is 8. The average molecular weight is 785 g/mol. The number of hydrogen-bond acceptors (Lipinski definition) is 4. The largest absolute Gasteiger partial charge is 2.00 e. The fourth-order valence-electron chi connectivity index (χ4n) is 10.9. The molecule has 4 nitrogen and oxygen atoms in total. The number of aliphatic imine (C=N–C) groups is 2. The van der Waals surface area contributed by atoms with Crippen molar-refractivity contribution in [2.24, 2.45) is 45.5 Å². The van der Waals surface area contributed by atoms with Gasteiger partial charge in [0.2, 0.25) is 0 Å². The normalized spacial score (nSPS) is 30.0. The van der Waals surface area contributed by atoms with Crippen LogP contribution in [0.25, 0.3) is 0 Å². The zero-order valence-electron chi connectivity index (χ0n) is 28.3. The molecule has 0 aromatic rings. The van der Waals surface area contributed by atoms with Crippen molar-refractivity contribution in [2.45, 2.75) is 186 Å². The van der Waals surface area contributed by atoms with Gasteiger partial charge < -0.3 is 43.4 Å². The van der Waals surface area contributed by atoms with E-state index >= 15 is 0 Å². The van der Waals surface area contributed by atoms with Crippen LogP contribution < -0.4 is 34.0 Å². The van der Waals surface area contributed by atoms with Gasteiger partial charge in [-0.2, -0.15) is 0 Å². The summed E-state index contributed by atoms with van der Waals surface area (Å²) in [7, 11) is 0. The predicted octanol–water partition coefficient (Wildman–Crippen LogP) is 4.09. The van der Waals surface area contributed by atoms with E-state index in [-0.39, 0.29) is 73.7 Å². The first-order chi connectivity index (χ1) is 19.9. The van der Waals surface area contributed by atoms with Crippen LogP contribution in [-0.2, 0) is 26.0 Å². The summed E-state index contributed by atoms with van der Waals surface area (Å²) in [6, 6.07) is 0.543. The van der Waals surface area contributed by atoms with Gasteiger partial charge in [-0.1, -0.05) is 105 Å². The van der Waals surface area contributed by atoms with Crippen molar-refractivity contribution in [3.05, 3.63) is 0 Å². The standard InChI is InChI=1S/C37H62N2O2.2BrH.Ni/c1-26(2)34-36(28-17-9-5-10-18-28,29-19-11-6-12-20-29)40-32(38-34)25-33-39-35(27(3)4)37(41-33,30-21-13-7-14-22-30)31-23-15-8-16-24-31;;;/h26-31,34-35H,5-25H2,1-4H3;2*1H;/q;;;+2/p-2/t34-,35-;;;/m1.../s1. The Morgan fingerprint density at radius 2 is 0.750 bits per heavy atom. The van der Waals surface area contributed by atoms with E-state index in [0.717, 1.165) is 11.8 Å². The maximum Gasteiger partial charge on any atom is 2.00 e.